The van der Waals surface area contributed by atoms with E-state index in [2.05, 4.69) is 20.5 Å². The number of fused-ring (bicyclic) bond motifs is 1. The molecule has 1 amide bonds. The third kappa shape index (κ3) is 1.93. The van der Waals surface area contributed by atoms with E-state index in [-0.39, 0.29) is 17.8 Å². The Morgan fingerprint density at radius 2 is 2.20 bits per heavy atom. The van der Waals surface area contributed by atoms with Crippen LogP contribution < -0.4 is 10.1 Å². The summed E-state index contributed by atoms with van der Waals surface area (Å²) in [7, 11) is 0. The minimum absolute atomic E-state index is 0.137. The molecule has 1 aliphatic heterocycles. The standard InChI is InChI=1S/C14H14N4O2/c19-14(13-16-12(17-18-13)8-5-6-8)15-10-7-20-11-4-2-1-3-9(10)11/h1-4,8,10H,5-7H2,(H,15,19)(H,16,17,18). The fourth-order valence-corrected chi connectivity index (χ4v) is 2.42. The van der Waals surface area contributed by atoms with Crippen molar-refractivity contribution in [3.63, 3.8) is 0 Å². The molecule has 20 heavy (non-hydrogen) atoms. The summed E-state index contributed by atoms with van der Waals surface area (Å²) in [5.41, 5.74) is 0.999. The maximum absolute atomic E-state index is 12.2. The molecule has 1 saturated carbocycles. The van der Waals surface area contributed by atoms with E-state index >= 15 is 0 Å². The number of nitrogens with zero attached hydrogens (tertiary/aromatic N) is 2. The van der Waals surface area contributed by atoms with Crippen LogP contribution in [-0.2, 0) is 0 Å². The number of hydrogen-bond acceptors (Lipinski definition) is 4. The summed E-state index contributed by atoms with van der Waals surface area (Å²) in [6, 6.07) is 7.58. The number of carbonyl (C=O) groups is 1. The van der Waals surface area contributed by atoms with Gasteiger partial charge in [0.25, 0.3) is 5.91 Å². The Kier molecular flexibility index (Phi) is 2.48. The Bertz CT molecular complexity index is 663. The molecule has 0 spiro atoms. The number of benzene rings is 1. The van der Waals surface area contributed by atoms with E-state index in [0.29, 0.717) is 12.5 Å². The van der Waals surface area contributed by atoms with Crippen molar-refractivity contribution < 1.29 is 9.53 Å². The van der Waals surface area contributed by atoms with Crippen molar-refractivity contribution in [2.75, 3.05) is 6.61 Å². The Morgan fingerprint density at radius 3 is 3.05 bits per heavy atom. The Morgan fingerprint density at radius 1 is 1.35 bits per heavy atom. The number of H-pyrrole nitrogens is 1. The summed E-state index contributed by atoms with van der Waals surface area (Å²) in [5, 5.41) is 9.74. The molecule has 2 aliphatic rings. The molecule has 1 fully saturated rings. The normalized spacial score (nSPS) is 20.3. The van der Waals surface area contributed by atoms with E-state index < -0.39 is 0 Å². The first kappa shape index (κ1) is 11.5. The zero-order chi connectivity index (χ0) is 13.5. The first-order valence-corrected chi connectivity index (χ1v) is 6.76. The zero-order valence-electron chi connectivity index (χ0n) is 10.8. The van der Waals surface area contributed by atoms with E-state index in [0.717, 1.165) is 30.0 Å². The van der Waals surface area contributed by atoms with Gasteiger partial charge in [0.05, 0.1) is 6.04 Å². The maximum atomic E-state index is 12.2. The van der Waals surface area contributed by atoms with Crippen LogP contribution in [0.5, 0.6) is 5.75 Å². The van der Waals surface area contributed by atoms with Gasteiger partial charge in [-0.15, -0.1) is 5.10 Å². The van der Waals surface area contributed by atoms with Crippen LogP contribution in [-0.4, -0.2) is 27.7 Å². The van der Waals surface area contributed by atoms with Gasteiger partial charge in [0.15, 0.2) is 0 Å². The van der Waals surface area contributed by atoms with Crippen LogP contribution in [0.3, 0.4) is 0 Å². The third-order valence-electron chi connectivity index (χ3n) is 3.68. The topological polar surface area (TPSA) is 79.9 Å². The van der Waals surface area contributed by atoms with Crippen molar-refractivity contribution in [2.24, 2.45) is 0 Å². The lowest BCUT2D eigenvalue weighted by Gasteiger charge is -2.09. The highest BCUT2D eigenvalue weighted by Crippen LogP contribution is 2.37. The van der Waals surface area contributed by atoms with Gasteiger partial charge in [-0.05, 0) is 18.9 Å². The van der Waals surface area contributed by atoms with Crippen molar-refractivity contribution in [3.05, 3.63) is 41.5 Å². The highest BCUT2D eigenvalue weighted by atomic mass is 16.5. The van der Waals surface area contributed by atoms with Crippen LogP contribution in [0.25, 0.3) is 0 Å². The average molecular weight is 270 g/mol. The van der Waals surface area contributed by atoms with Crippen LogP contribution in [0.15, 0.2) is 24.3 Å². The lowest BCUT2D eigenvalue weighted by Crippen LogP contribution is -2.30. The quantitative estimate of drug-likeness (QED) is 0.886. The molecular formula is C14H14N4O2. The van der Waals surface area contributed by atoms with Crippen molar-refractivity contribution in [2.45, 2.75) is 24.8 Å². The Balaban J connectivity index is 1.50. The van der Waals surface area contributed by atoms with E-state index in [9.17, 15) is 4.79 Å². The largest absolute Gasteiger partial charge is 0.491 e. The Labute approximate surface area is 115 Å². The second-order valence-corrected chi connectivity index (χ2v) is 5.19. The van der Waals surface area contributed by atoms with Crippen LogP contribution in [0.4, 0.5) is 0 Å². The predicted octanol–water partition coefficient (Wildman–Crippen LogP) is 1.55. The van der Waals surface area contributed by atoms with Gasteiger partial charge in [-0.1, -0.05) is 18.2 Å². The number of nitrogens with one attached hydrogen (secondary N) is 2. The molecule has 102 valence electrons. The molecule has 1 aromatic carbocycles. The van der Waals surface area contributed by atoms with Gasteiger partial charge in [-0.2, -0.15) is 0 Å². The summed E-state index contributed by atoms with van der Waals surface area (Å²) >= 11 is 0. The second kappa shape index (κ2) is 4.33. The van der Waals surface area contributed by atoms with Gasteiger partial charge >= 0.3 is 0 Å². The van der Waals surface area contributed by atoms with Crippen LogP contribution in [0.2, 0.25) is 0 Å². The predicted molar refractivity (Wildman–Crippen MR) is 70.5 cm³/mol. The third-order valence-corrected chi connectivity index (χ3v) is 3.68. The van der Waals surface area contributed by atoms with Crippen LogP contribution >= 0.6 is 0 Å². The monoisotopic (exact) mass is 270 g/mol. The van der Waals surface area contributed by atoms with Gasteiger partial charge in [-0.25, -0.2) is 4.98 Å². The number of carbonyl (C=O) groups excluding carboxylic acids is 1. The summed E-state index contributed by atoms with van der Waals surface area (Å²) < 4.78 is 5.54. The molecule has 1 atom stereocenters. The second-order valence-electron chi connectivity index (χ2n) is 5.19. The Hall–Kier alpha value is -2.37. The van der Waals surface area contributed by atoms with Gasteiger partial charge in [-0.3, -0.25) is 9.89 Å². The SMILES string of the molecule is O=C(NC1COc2ccccc21)c1n[nH]c(C2CC2)n1. The number of para-hydroxylation sites is 1. The number of amides is 1. The molecule has 2 aromatic rings. The first-order valence-electron chi connectivity index (χ1n) is 6.76. The van der Waals surface area contributed by atoms with E-state index in [1.54, 1.807) is 0 Å². The molecule has 1 aromatic heterocycles. The molecule has 4 rings (SSSR count). The fourth-order valence-electron chi connectivity index (χ4n) is 2.42. The minimum Gasteiger partial charge on any atom is -0.491 e. The summed E-state index contributed by atoms with van der Waals surface area (Å²) in [4.78, 5) is 16.4. The molecular weight excluding hydrogens is 256 g/mol. The van der Waals surface area contributed by atoms with Gasteiger partial charge in [0.2, 0.25) is 5.82 Å². The molecule has 6 nitrogen and oxygen atoms in total. The van der Waals surface area contributed by atoms with Gasteiger partial charge in [0.1, 0.15) is 18.2 Å². The maximum Gasteiger partial charge on any atom is 0.291 e. The number of rotatable bonds is 3. The van der Waals surface area contributed by atoms with Crippen LogP contribution in [0, 0.1) is 0 Å². The smallest absolute Gasteiger partial charge is 0.291 e. The van der Waals surface area contributed by atoms with Crippen molar-refractivity contribution in [1.29, 1.82) is 0 Å². The number of aromatic nitrogens is 3. The van der Waals surface area contributed by atoms with Gasteiger partial charge in [0, 0.05) is 11.5 Å². The van der Waals surface area contributed by atoms with Gasteiger partial charge < -0.3 is 10.1 Å². The molecule has 2 N–H and O–H groups in total. The van der Waals surface area contributed by atoms with Crippen molar-refractivity contribution in [1.82, 2.24) is 20.5 Å². The van der Waals surface area contributed by atoms with E-state index in [1.807, 2.05) is 24.3 Å². The molecule has 1 unspecified atom stereocenters. The average Bonchev–Trinajstić information content (AvgIpc) is 3.06. The minimum atomic E-state index is -0.265. The van der Waals surface area contributed by atoms with E-state index in [4.69, 9.17) is 4.74 Å². The zero-order valence-corrected chi connectivity index (χ0v) is 10.8. The highest BCUT2D eigenvalue weighted by molar-refractivity contribution is 5.90. The summed E-state index contributed by atoms with van der Waals surface area (Å²) in [6.45, 7) is 0.449. The number of ether oxygens (including phenoxy) is 1. The summed E-state index contributed by atoms with van der Waals surface area (Å²) in [6.07, 6.45) is 2.25. The summed E-state index contributed by atoms with van der Waals surface area (Å²) in [5.74, 6) is 2.04. The first-order chi connectivity index (χ1) is 9.81. The van der Waals surface area contributed by atoms with E-state index in [1.165, 1.54) is 0 Å². The van der Waals surface area contributed by atoms with Crippen molar-refractivity contribution >= 4 is 5.91 Å². The lowest BCUT2D eigenvalue weighted by atomic mass is 10.1. The number of aromatic amines is 1. The van der Waals surface area contributed by atoms with Crippen LogP contribution in [0.1, 0.15) is 46.8 Å². The molecule has 0 saturated heterocycles. The molecule has 2 heterocycles. The molecule has 1 aliphatic carbocycles. The fraction of sp³-hybridized carbons (Fsp3) is 0.357. The molecule has 0 radical (unpaired) electrons. The highest BCUT2D eigenvalue weighted by Gasteiger charge is 2.30. The lowest BCUT2D eigenvalue weighted by molar-refractivity contribution is 0.0920. The van der Waals surface area contributed by atoms with Crippen molar-refractivity contribution in [3.8, 4) is 5.75 Å². The molecule has 6 heteroatoms. The number of hydrogen-bond donors (Lipinski definition) is 2. The molecule has 0 bridgehead atoms.